The van der Waals surface area contributed by atoms with Crippen molar-refractivity contribution < 1.29 is 77.2 Å². The Hall–Kier alpha value is -2.42. The molecule has 0 saturated carbocycles. The first-order chi connectivity index (χ1) is 30.3. The van der Waals surface area contributed by atoms with Gasteiger partial charge in [0.15, 0.2) is 0 Å². The fraction of sp³-hybridized carbons (Fsp3) is 0.333. The zero-order chi connectivity index (χ0) is 44.1. The number of fused-ring (bicyclic) bond motifs is 4. The molecule has 0 fully saturated rings. The first kappa shape index (κ1) is 61.6. The van der Waals surface area contributed by atoms with Crippen molar-refractivity contribution in [2.45, 2.75) is 131 Å². The Morgan fingerprint density at radius 2 is 0.864 bits per heavy atom. The molecule has 0 spiro atoms. The molecule has 0 atom stereocenters. The zero-order valence-electron chi connectivity index (χ0n) is 41.1. The van der Waals surface area contributed by atoms with Crippen molar-refractivity contribution in [3.05, 3.63) is 190 Å². The Labute approximate surface area is 456 Å². The average Bonchev–Trinajstić information content (AvgIpc) is 4.15. The summed E-state index contributed by atoms with van der Waals surface area (Å²) in [7, 11) is 2.17. The minimum Gasteiger partial charge on any atom is -1.00 e. The van der Waals surface area contributed by atoms with Gasteiger partial charge in [0.1, 0.15) is 0 Å². The number of aryl methyl sites for hydroxylation is 6. The molecule has 0 heterocycles. The van der Waals surface area contributed by atoms with Crippen LogP contribution in [-0.4, -0.2) is 19.0 Å². The molecule has 2 aliphatic carbocycles. The maximum Gasteiger partial charge on any atom is 3.00 e. The van der Waals surface area contributed by atoms with E-state index >= 15 is 0 Å². The summed E-state index contributed by atoms with van der Waals surface area (Å²) in [5.74, 6) is 0. The summed E-state index contributed by atoms with van der Waals surface area (Å²) in [5, 5.41) is 5.70. The van der Waals surface area contributed by atoms with Crippen molar-refractivity contribution in [2.24, 2.45) is 0 Å². The number of halogens is 2. The summed E-state index contributed by atoms with van der Waals surface area (Å²) in [6, 6.07) is 53.1. The third-order valence-corrected chi connectivity index (χ3v) is 11.7. The van der Waals surface area contributed by atoms with Gasteiger partial charge in [-0.25, -0.2) is 12.1 Å². The molecule has 2 aliphatic rings. The topological polar surface area (TPSA) is 0 Å². The molecular weight excluding hydrogens is 1030 g/mol. The van der Waals surface area contributed by atoms with Crippen LogP contribution in [0.1, 0.15) is 96.9 Å². The quantitative estimate of drug-likeness (QED) is 0.105. The van der Waals surface area contributed by atoms with Gasteiger partial charge in [-0.1, -0.05) is 186 Å². The summed E-state index contributed by atoms with van der Waals surface area (Å²) in [6.07, 6.45) is 15.3. The predicted octanol–water partition coefficient (Wildman–Crippen LogP) is 11.1. The number of hydrogen-bond acceptors (Lipinski definition) is 0. The number of rotatable bonds is 8. The van der Waals surface area contributed by atoms with E-state index in [1.165, 1.54) is 143 Å². The standard InChI is InChI=1S/2C19H17.2C9H13.2C2H6Si.2ClH.2Zr/c2*1-13-10-16-12-15-8-5-9-17(15)19(18(16)11-13)14-6-3-2-4-7-14;2*1-2-3-6-9-7-4-5-8-9;2*1-3-2;;;;/h2*2-4,6-7,10-12H,5,8-9H2,1H3;2*4-5,7-8H,2-3,6H2,1H3;2*1-2H3;2*1H;;/q4*-1;;;;;2*+3/p-2. The summed E-state index contributed by atoms with van der Waals surface area (Å²) < 4.78 is 0. The minimum atomic E-state index is 0. The smallest absolute Gasteiger partial charge is 1.00 e. The summed E-state index contributed by atoms with van der Waals surface area (Å²) >= 11 is 0. The Morgan fingerprint density at radius 3 is 1.18 bits per heavy atom. The molecule has 8 aromatic rings. The molecule has 6 radical (unpaired) electrons. The molecule has 0 nitrogen and oxygen atoms in total. The monoisotopic (exact) mass is 1100 g/mol. The minimum absolute atomic E-state index is 0. The van der Waals surface area contributed by atoms with E-state index in [1.54, 1.807) is 22.3 Å². The van der Waals surface area contributed by atoms with E-state index in [4.69, 9.17) is 0 Å². The van der Waals surface area contributed by atoms with E-state index < -0.39 is 0 Å². The Balaban J connectivity index is 0.000000434. The second kappa shape index (κ2) is 34.0. The van der Waals surface area contributed by atoms with Crippen LogP contribution >= 0.6 is 0 Å². The molecule has 6 heteroatoms. The van der Waals surface area contributed by atoms with E-state index in [-0.39, 0.29) is 77.2 Å². The molecule has 0 N–H and O–H groups in total. The van der Waals surface area contributed by atoms with Gasteiger partial charge in [0.25, 0.3) is 0 Å². The van der Waals surface area contributed by atoms with Crippen LogP contribution in [0.4, 0.5) is 0 Å². The summed E-state index contributed by atoms with van der Waals surface area (Å²) in [6.45, 7) is 17.5. The Kier molecular flexibility index (Phi) is 31.7. The van der Waals surface area contributed by atoms with Crippen LogP contribution in [0.15, 0.2) is 146 Å². The van der Waals surface area contributed by atoms with Gasteiger partial charge in [-0.15, -0.1) is 56.9 Å². The maximum absolute atomic E-state index is 2.41. The van der Waals surface area contributed by atoms with Crippen molar-refractivity contribution in [1.29, 1.82) is 0 Å². The molecule has 0 saturated heterocycles. The van der Waals surface area contributed by atoms with Gasteiger partial charge in [-0.2, -0.15) is 59.7 Å². The molecule has 10 rings (SSSR count). The van der Waals surface area contributed by atoms with Crippen molar-refractivity contribution in [3.8, 4) is 22.3 Å². The van der Waals surface area contributed by atoms with Crippen LogP contribution < -0.4 is 24.8 Å². The van der Waals surface area contributed by atoms with Crippen LogP contribution in [0.3, 0.4) is 0 Å². The molecule has 0 aliphatic heterocycles. The summed E-state index contributed by atoms with van der Waals surface area (Å²) in [4.78, 5) is 0. The Morgan fingerprint density at radius 1 is 0.500 bits per heavy atom. The second-order valence-electron chi connectivity index (χ2n) is 17.1. The summed E-state index contributed by atoms with van der Waals surface area (Å²) in [5.41, 5.74) is 17.7. The molecule has 0 bridgehead atoms. The average molecular weight is 1100 g/mol. The van der Waals surface area contributed by atoms with Crippen LogP contribution in [0, 0.1) is 13.8 Å². The van der Waals surface area contributed by atoms with Gasteiger partial charge < -0.3 is 24.8 Å². The third-order valence-electron chi connectivity index (χ3n) is 11.7. The van der Waals surface area contributed by atoms with E-state index in [0.29, 0.717) is 0 Å². The van der Waals surface area contributed by atoms with Gasteiger partial charge in [0.2, 0.25) is 0 Å². The first-order valence-electron chi connectivity index (χ1n) is 23.5. The van der Waals surface area contributed by atoms with Gasteiger partial charge in [0, 0.05) is 19.0 Å². The van der Waals surface area contributed by atoms with E-state index in [9.17, 15) is 0 Å². The van der Waals surface area contributed by atoms with Crippen LogP contribution in [0.2, 0.25) is 26.2 Å². The molecule has 66 heavy (non-hydrogen) atoms. The first-order valence-corrected chi connectivity index (χ1v) is 27.5. The van der Waals surface area contributed by atoms with Crippen LogP contribution in [-0.2, 0) is 90.9 Å². The van der Waals surface area contributed by atoms with Crippen molar-refractivity contribution in [1.82, 2.24) is 0 Å². The van der Waals surface area contributed by atoms with Crippen molar-refractivity contribution in [2.75, 3.05) is 0 Å². The fourth-order valence-electron chi connectivity index (χ4n) is 8.94. The molecule has 0 aromatic heterocycles. The normalized spacial score (nSPS) is 11.3. The number of benzene rings is 4. The predicted molar refractivity (Wildman–Crippen MR) is 280 cm³/mol. The number of hydrogen-bond donors (Lipinski definition) is 0. The molecule has 0 unspecified atom stereocenters. The Bertz CT molecular complexity index is 2270. The third kappa shape index (κ3) is 18.2. The molecule has 342 valence electrons. The number of unbranched alkanes of at least 4 members (excludes halogenated alkanes) is 2. The maximum atomic E-state index is 2.41. The molecular formula is C60H72Cl2Si2Zr2. The van der Waals surface area contributed by atoms with Crippen molar-refractivity contribution in [3.63, 3.8) is 0 Å². The largest absolute Gasteiger partial charge is 3.00 e. The van der Waals surface area contributed by atoms with Crippen molar-refractivity contribution >= 4 is 40.6 Å². The van der Waals surface area contributed by atoms with E-state index in [2.05, 4.69) is 199 Å². The zero-order valence-corrected chi connectivity index (χ0v) is 49.5. The van der Waals surface area contributed by atoms with E-state index in [0.717, 1.165) is 19.0 Å². The molecule has 0 amide bonds. The molecule has 8 aromatic carbocycles. The van der Waals surface area contributed by atoms with Gasteiger partial charge in [0.05, 0.1) is 0 Å². The SMILES string of the molecule is CCCCc1cc[cH-]c1.CCCCc1cc[cH-]c1.C[Si]C.C[Si]C.Cc1cc2c(-c3ccccc3)c3c(cc2[cH-]1)CCC3.Cc1cc2c(-c3ccccc3)c3c(cc2[cH-]1)CCC3.[Cl-].[Cl-].[Zr+3].[Zr+3]. The van der Waals surface area contributed by atoms with E-state index in [1.807, 2.05) is 0 Å². The van der Waals surface area contributed by atoms with Crippen LogP contribution in [0.5, 0.6) is 0 Å². The fourth-order valence-corrected chi connectivity index (χ4v) is 8.94. The van der Waals surface area contributed by atoms with Gasteiger partial charge in [-0.3, -0.25) is 0 Å². The van der Waals surface area contributed by atoms with Gasteiger partial charge in [-0.05, 0) is 49.7 Å². The second-order valence-corrected chi connectivity index (χ2v) is 19.1. The van der Waals surface area contributed by atoms with Crippen LogP contribution in [0.25, 0.3) is 43.8 Å². The van der Waals surface area contributed by atoms with Gasteiger partial charge >= 0.3 is 52.4 Å².